The fourth-order valence-electron chi connectivity index (χ4n) is 2.32. The van der Waals surface area contributed by atoms with Crippen LogP contribution in [0.15, 0.2) is 64.6 Å². The van der Waals surface area contributed by atoms with E-state index in [0.717, 1.165) is 21.8 Å². The smallest absolute Gasteiger partial charge is 0.145 e. The minimum absolute atomic E-state index is 0.273. The van der Waals surface area contributed by atoms with E-state index >= 15 is 0 Å². The maximum absolute atomic E-state index is 10.4. The Morgan fingerprint density at radius 3 is 2.50 bits per heavy atom. The van der Waals surface area contributed by atoms with Gasteiger partial charge in [0.15, 0.2) is 0 Å². The molecule has 2 aromatic carbocycles. The van der Waals surface area contributed by atoms with Gasteiger partial charge < -0.3 is 0 Å². The highest BCUT2D eigenvalue weighted by Crippen LogP contribution is 2.14. The maximum atomic E-state index is 10.4. The molecular formula is C16H15N3O. The van der Waals surface area contributed by atoms with Gasteiger partial charge in [-0.3, -0.25) is 10.2 Å². The summed E-state index contributed by atoms with van der Waals surface area (Å²) in [7, 11) is 1.68. The quantitative estimate of drug-likeness (QED) is 0.842. The van der Waals surface area contributed by atoms with Crippen LogP contribution in [0.25, 0.3) is 5.70 Å². The van der Waals surface area contributed by atoms with E-state index < -0.39 is 0 Å². The Bertz CT molecular complexity index is 766. The van der Waals surface area contributed by atoms with E-state index in [2.05, 4.69) is 9.98 Å². The van der Waals surface area contributed by atoms with Gasteiger partial charge in [0, 0.05) is 17.8 Å². The number of fused-ring (bicyclic) bond motifs is 1. The maximum Gasteiger partial charge on any atom is 0.145 e. The van der Waals surface area contributed by atoms with Gasteiger partial charge in [-0.2, -0.15) is 0 Å². The zero-order valence-corrected chi connectivity index (χ0v) is 11.2. The third-order valence-electron chi connectivity index (χ3n) is 3.26. The van der Waals surface area contributed by atoms with Crippen molar-refractivity contribution in [3.63, 3.8) is 0 Å². The highest BCUT2D eigenvalue weighted by atomic mass is 16.5. The average molecular weight is 265 g/mol. The number of amidine groups is 1. The third kappa shape index (κ3) is 2.21. The van der Waals surface area contributed by atoms with Crippen molar-refractivity contribution < 1.29 is 5.21 Å². The SMILES string of the molecule is CN=C1CN(O)C(c2ccccc2)=c2ccccc2=N1. The van der Waals surface area contributed by atoms with Crippen molar-refractivity contribution in [3.8, 4) is 0 Å². The Morgan fingerprint density at radius 1 is 1.05 bits per heavy atom. The topological polar surface area (TPSA) is 48.2 Å². The van der Waals surface area contributed by atoms with E-state index in [0.29, 0.717) is 5.84 Å². The number of benzene rings is 2. The van der Waals surface area contributed by atoms with Gasteiger partial charge in [0.05, 0.1) is 11.1 Å². The molecule has 20 heavy (non-hydrogen) atoms. The van der Waals surface area contributed by atoms with Gasteiger partial charge in [-0.05, 0) is 6.07 Å². The van der Waals surface area contributed by atoms with E-state index in [1.807, 2.05) is 54.6 Å². The van der Waals surface area contributed by atoms with Crippen LogP contribution in [0, 0.1) is 0 Å². The summed E-state index contributed by atoms with van der Waals surface area (Å²) in [5, 5.41) is 13.3. The first-order chi connectivity index (χ1) is 9.79. The molecule has 1 N–H and O–H groups in total. The summed E-state index contributed by atoms with van der Waals surface area (Å²) in [4.78, 5) is 8.63. The van der Waals surface area contributed by atoms with E-state index in [-0.39, 0.29) is 6.54 Å². The van der Waals surface area contributed by atoms with Gasteiger partial charge in [0.2, 0.25) is 0 Å². The minimum Gasteiger partial charge on any atom is -0.288 e. The van der Waals surface area contributed by atoms with Crippen molar-refractivity contribution in [1.29, 1.82) is 0 Å². The lowest BCUT2D eigenvalue weighted by molar-refractivity contribution is -0.0119. The summed E-state index contributed by atoms with van der Waals surface area (Å²) in [6.07, 6.45) is 0. The molecule has 0 bridgehead atoms. The van der Waals surface area contributed by atoms with Crippen molar-refractivity contribution in [2.24, 2.45) is 9.98 Å². The molecule has 1 heterocycles. The van der Waals surface area contributed by atoms with Gasteiger partial charge in [-0.25, -0.2) is 10.1 Å². The molecule has 0 spiro atoms. The van der Waals surface area contributed by atoms with Crippen molar-refractivity contribution in [1.82, 2.24) is 5.06 Å². The van der Waals surface area contributed by atoms with Crippen LogP contribution >= 0.6 is 0 Å². The summed E-state index contributed by atoms with van der Waals surface area (Å²) in [5.41, 5.74) is 1.71. The lowest BCUT2D eigenvalue weighted by atomic mass is 10.1. The number of hydrogen-bond acceptors (Lipinski definition) is 3. The summed E-state index contributed by atoms with van der Waals surface area (Å²) < 4.78 is 0. The number of para-hydroxylation sites is 1. The zero-order chi connectivity index (χ0) is 13.9. The first kappa shape index (κ1) is 12.6. The zero-order valence-electron chi connectivity index (χ0n) is 11.2. The molecule has 0 saturated heterocycles. The van der Waals surface area contributed by atoms with Crippen LogP contribution < -0.4 is 10.6 Å². The molecule has 4 heteroatoms. The highest BCUT2D eigenvalue weighted by Gasteiger charge is 2.16. The van der Waals surface area contributed by atoms with Crippen molar-refractivity contribution in [2.75, 3.05) is 13.6 Å². The lowest BCUT2D eigenvalue weighted by Gasteiger charge is -2.19. The van der Waals surface area contributed by atoms with E-state index in [9.17, 15) is 5.21 Å². The monoisotopic (exact) mass is 265 g/mol. The number of hydrogen-bond donors (Lipinski definition) is 1. The van der Waals surface area contributed by atoms with Crippen LogP contribution in [0.2, 0.25) is 0 Å². The van der Waals surface area contributed by atoms with Crippen molar-refractivity contribution >= 4 is 11.5 Å². The van der Waals surface area contributed by atoms with Gasteiger partial charge >= 0.3 is 0 Å². The predicted molar refractivity (Wildman–Crippen MR) is 78.0 cm³/mol. The fourth-order valence-corrected chi connectivity index (χ4v) is 2.32. The Labute approximate surface area is 117 Å². The van der Waals surface area contributed by atoms with E-state index in [4.69, 9.17) is 0 Å². The average Bonchev–Trinajstić information content (AvgIpc) is 2.63. The summed E-state index contributed by atoms with van der Waals surface area (Å²) in [5.74, 6) is 0.603. The fraction of sp³-hybridized carbons (Fsp3) is 0.125. The minimum atomic E-state index is 0.273. The molecule has 0 aliphatic carbocycles. The molecule has 4 nitrogen and oxygen atoms in total. The Kier molecular flexibility index (Phi) is 3.31. The standard InChI is InChI=1S/C16H15N3O/c1-17-15-11-19(20)16(12-7-3-2-4-8-12)13-9-5-6-10-14(13)18-15/h2-10,20H,11H2,1H3. The van der Waals surface area contributed by atoms with Crippen LogP contribution in [-0.2, 0) is 0 Å². The third-order valence-corrected chi connectivity index (χ3v) is 3.26. The molecule has 3 rings (SSSR count). The van der Waals surface area contributed by atoms with E-state index in [1.54, 1.807) is 7.05 Å². The second kappa shape index (κ2) is 5.27. The largest absolute Gasteiger partial charge is 0.288 e. The second-order valence-electron chi connectivity index (χ2n) is 4.54. The molecular weight excluding hydrogens is 250 g/mol. The highest BCUT2D eigenvalue weighted by molar-refractivity contribution is 5.87. The Hall–Kier alpha value is -2.46. The molecule has 2 aromatic rings. The van der Waals surface area contributed by atoms with Gasteiger partial charge in [-0.1, -0.05) is 48.5 Å². The Balaban J connectivity index is 2.38. The lowest BCUT2D eigenvalue weighted by Crippen LogP contribution is -2.31. The van der Waals surface area contributed by atoms with Crippen LogP contribution in [-0.4, -0.2) is 29.7 Å². The van der Waals surface area contributed by atoms with Crippen molar-refractivity contribution in [3.05, 3.63) is 70.7 Å². The van der Waals surface area contributed by atoms with Crippen LogP contribution in [0.1, 0.15) is 5.56 Å². The van der Waals surface area contributed by atoms with Crippen LogP contribution in [0.4, 0.5) is 0 Å². The molecule has 0 amide bonds. The van der Waals surface area contributed by atoms with Gasteiger partial charge in [-0.15, -0.1) is 0 Å². The van der Waals surface area contributed by atoms with Gasteiger partial charge in [0.25, 0.3) is 0 Å². The number of rotatable bonds is 1. The molecule has 0 unspecified atom stereocenters. The van der Waals surface area contributed by atoms with Crippen molar-refractivity contribution in [2.45, 2.75) is 0 Å². The summed E-state index contributed by atoms with van der Waals surface area (Å²) in [6, 6.07) is 17.6. The molecule has 1 aliphatic rings. The molecule has 0 fully saturated rings. The molecule has 1 aliphatic heterocycles. The van der Waals surface area contributed by atoms with Crippen LogP contribution in [0.3, 0.4) is 0 Å². The second-order valence-corrected chi connectivity index (χ2v) is 4.54. The van der Waals surface area contributed by atoms with Gasteiger partial charge in [0.1, 0.15) is 12.4 Å². The molecule has 0 aromatic heterocycles. The molecule has 0 saturated carbocycles. The van der Waals surface area contributed by atoms with Crippen LogP contribution in [0.5, 0.6) is 0 Å². The predicted octanol–water partition coefficient (Wildman–Crippen LogP) is 1.20. The number of nitrogens with zero attached hydrogens (tertiary/aromatic N) is 3. The first-order valence-electron chi connectivity index (χ1n) is 6.45. The molecule has 100 valence electrons. The number of aliphatic imine (C=N–C) groups is 1. The molecule has 0 radical (unpaired) electrons. The summed E-state index contributed by atoms with van der Waals surface area (Å²) in [6.45, 7) is 0.273. The Morgan fingerprint density at radius 2 is 1.75 bits per heavy atom. The summed E-state index contributed by atoms with van der Waals surface area (Å²) >= 11 is 0. The molecule has 0 atom stereocenters. The van der Waals surface area contributed by atoms with E-state index in [1.165, 1.54) is 5.06 Å². The normalized spacial score (nSPS) is 16.6. The number of hydroxylamine groups is 2. The first-order valence-corrected chi connectivity index (χ1v) is 6.45.